The van der Waals surface area contributed by atoms with E-state index in [1.165, 1.54) is 11.2 Å². The first kappa shape index (κ1) is 19.1. The van der Waals surface area contributed by atoms with Crippen LogP contribution in [0.4, 0.5) is 11.4 Å². The number of nitrogens with one attached hydrogen (secondary N) is 2. The lowest BCUT2D eigenvalue weighted by Gasteiger charge is -2.18. The number of hydrogen-bond acceptors (Lipinski definition) is 4. The second-order valence-electron chi connectivity index (χ2n) is 5.22. The Kier molecular flexibility index (Phi) is 7.18. The molecule has 0 unspecified atom stereocenters. The van der Waals surface area contributed by atoms with E-state index < -0.39 is 10.0 Å². The SMILES string of the molecule is CCCN(CCC(=O)Nc1cccc(NC(C)=O)c1)S(C)(=O)=O. The summed E-state index contributed by atoms with van der Waals surface area (Å²) in [5.74, 6) is -0.480. The van der Waals surface area contributed by atoms with Crippen molar-refractivity contribution >= 4 is 33.2 Å². The maximum Gasteiger partial charge on any atom is 0.225 e. The quantitative estimate of drug-likeness (QED) is 0.751. The molecule has 0 spiro atoms. The lowest BCUT2D eigenvalue weighted by Crippen LogP contribution is -2.33. The minimum Gasteiger partial charge on any atom is -0.326 e. The highest BCUT2D eigenvalue weighted by Crippen LogP contribution is 2.15. The number of benzene rings is 1. The van der Waals surface area contributed by atoms with Crippen LogP contribution in [0.2, 0.25) is 0 Å². The topological polar surface area (TPSA) is 95.6 Å². The zero-order valence-corrected chi connectivity index (χ0v) is 14.4. The van der Waals surface area contributed by atoms with E-state index in [1.807, 2.05) is 6.92 Å². The van der Waals surface area contributed by atoms with Gasteiger partial charge in [-0.05, 0) is 24.6 Å². The van der Waals surface area contributed by atoms with Crippen molar-refractivity contribution in [3.05, 3.63) is 24.3 Å². The monoisotopic (exact) mass is 341 g/mol. The molecule has 0 aromatic heterocycles. The average Bonchev–Trinajstić information content (AvgIpc) is 2.41. The lowest BCUT2D eigenvalue weighted by atomic mass is 10.2. The van der Waals surface area contributed by atoms with Crippen LogP contribution in [0, 0.1) is 0 Å². The van der Waals surface area contributed by atoms with E-state index in [2.05, 4.69) is 10.6 Å². The molecule has 23 heavy (non-hydrogen) atoms. The molecule has 0 heterocycles. The van der Waals surface area contributed by atoms with Crippen LogP contribution in [-0.4, -0.2) is 43.9 Å². The van der Waals surface area contributed by atoms with E-state index in [0.717, 1.165) is 6.26 Å². The zero-order valence-electron chi connectivity index (χ0n) is 13.6. The van der Waals surface area contributed by atoms with Crippen LogP contribution in [0.3, 0.4) is 0 Å². The van der Waals surface area contributed by atoms with Crippen molar-refractivity contribution in [2.45, 2.75) is 26.7 Å². The molecule has 8 heteroatoms. The van der Waals surface area contributed by atoms with Crippen LogP contribution >= 0.6 is 0 Å². The first-order valence-corrected chi connectivity index (χ1v) is 9.20. The summed E-state index contributed by atoms with van der Waals surface area (Å²) in [4.78, 5) is 23.0. The molecule has 0 aliphatic rings. The van der Waals surface area contributed by atoms with Gasteiger partial charge in [0.05, 0.1) is 6.26 Å². The van der Waals surface area contributed by atoms with Crippen LogP contribution in [0.5, 0.6) is 0 Å². The third-order valence-corrected chi connectivity index (χ3v) is 4.30. The van der Waals surface area contributed by atoms with Gasteiger partial charge in [-0.3, -0.25) is 9.59 Å². The van der Waals surface area contributed by atoms with E-state index in [0.29, 0.717) is 24.3 Å². The van der Waals surface area contributed by atoms with Gasteiger partial charge in [0.15, 0.2) is 0 Å². The Labute approximate surface area is 137 Å². The molecule has 0 fully saturated rings. The second kappa shape index (κ2) is 8.64. The van der Waals surface area contributed by atoms with E-state index in [-0.39, 0.29) is 24.8 Å². The van der Waals surface area contributed by atoms with Crippen molar-refractivity contribution in [1.82, 2.24) is 4.31 Å². The molecule has 0 saturated carbocycles. The molecule has 0 saturated heterocycles. The lowest BCUT2D eigenvalue weighted by molar-refractivity contribution is -0.116. The van der Waals surface area contributed by atoms with E-state index in [9.17, 15) is 18.0 Å². The summed E-state index contributed by atoms with van der Waals surface area (Å²) in [5.41, 5.74) is 1.13. The van der Waals surface area contributed by atoms with Crippen molar-refractivity contribution in [1.29, 1.82) is 0 Å². The van der Waals surface area contributed by atoms with Gasteiger partial charge in [0.2, 0.25) is 21.8 Å². The first-order chi connectivity index (χ1) is 10.7. The summed E-state index contributed by atoms with van der Waals surface area (Å²) in [7, 11) is -3.31. The van der Waals surface area contributed by atoms with Gasteiger partial charge in [0.1, 0.15) is 0 Å². The normalized spacial score (nSPS) is 11.3. The Balaban J connectivity index is 2.61. The number of hydrogen-bond donors (Lipinski definition) is 2. The van der Waals surface area contributed by atoms with Gasteiger partial charge in [-0.2, -0.15) is 0 Å². The number of amides is 2. The molecule has 0 aliphatic carbocycles. The minimum atomic E-state index is -3.31. The van der Waals surface area contributed by atoms with Crippen LogP contribution in [0.15, 0.2) is 24.3 Å². The zero-order chi connectivity index (χ0) is 17.5. The fraction of sp³-hybridized carbons (Fsp3) is 0.467. The highest BCUT2D eigenvalue weighted by atomic mass is 32.2. The van der Waals surface area contributed by atoms with Crippen LogP contribution < -0.4 is 10.6 Å². The molecule has 1 aromatic rings. The number of sulfonamides is 1. The molecule has 1 aromatic carbocycles. The summed E-state index contributed by atoms with van der Waals surface area (Å²) in [6.07, 6.45) is 1.89. The van der Waals surface area contributed by atoms with Crippen LogP contribution in [-0.2, 0) is 19.6 Å². The predicted octanol–water partition coefficient (Wildman–Crippen LogP) is 1.65. The smallest absolute Gasteiger partial charge is 0.225 e. The molecule has 128 valence electrons. The number of carbonyl (C=O) groups excluding carboxylic acids is 2. The highest BCUT2D eigenvalue weighted by molar-refractivity contribution is 7.88. The van der Waals surface area contributed by atoms with E-state index in [4.69, 9.17) is 0 Å². The molecule has 0 radical (unpaired) electrons. The number of carbonyl (C=O) groups is 2. The van der Waals surface area contributed by atoms with Gasteiger partial charge < -0.3 is 10.6 Å². The number of rotatable bonds is 8. The predicted molar refractivity (Wildman–Crippen MR) is 90.7 cm³/mol. The molecule has 2 amide bonds. The first-order valence-electron chi connectivity index (χ1n) is 7.35. The Hall–Kier alpha value is -1.93. The maximum atomic E-state index is 12.0. The van der Waals surface area contributed by atoms with Crippen molar-refractivity contribution in [2.24, 2.45) is 0 Å². The molecule has 7 nitrogen and oxygen atoms in total. The van der Waals surface area contributed by atoms with Gasteiger partial charge in [-0.15, -0.1) is 0 Å². The molecular weight excluding hydrogens is 318 g/mol. The van der Waals surface area contributed by atoms with Crippen molar-refractivity contribution in [2.75, 3.05) is 30.0 Å². The molecule has 0 atom stereocenters. The van der Waals surface area contributed by atoms with Crippen molar-refractivity contribution in [3.63, 3.8) is 0 Å². The Morgan fingerprint density at radius 1 is 1.13 bits per heavy atom. The number of nitrogens with zero attached hydrogens (tertiary/aromatic N) is 1. The van der Waals surface area contributed by atoms with E-state index in [1.54, 1.807) is 24.3 Å². The largest absolute Gasteiger partial charge is 0.326 e. The van der Waals surface area contributed by atoms with Gasteiger partial charge in [0, 0.05) is 37.8 Å². The summed E-state index contributed by atoms with van der Waals surface area (Å²) in [6.45, 7) is 3.82. The molecule has 0 aliphatic heterocycles. The third kappa shape index (κ3) is 7.25. The maximum absolute atomic E-state index is 12.0. The summed E-state index contributed by atoms with van der Waals surface area (Å²) in [6, 6.07) is 6.76. The minimum absolute atomic E-state index is 0.0669. The molecule has 1 rings (SSSR count). The molecule has 0 bridgehead atoms. The van der Waals surface area contributed by atoms with Gasteiger partial charge >= 0.3 is 0 Å². The van der Waals surface area contributed by atoms with Gasteiger partial charge in [-0.25, -0.2) is 12.7 Å². The fourth-order valence-corrected chi connectivity index (χ4v) is 2.96. The summed E-state index contributed by atoms with van der Waals surface area (Å²) < 4.78 is 24.5. The van der Waals surface area contributed by atoms with Crippen LogP contribution in [0.1, 0.15) is 26.7 Å². The Bertz CT molecular complexity index is 658. The Morgan fingerprint density at radius 3 is 2.26 bits per heavy atom. The molecular formula is C15H23N3O4S. The highest BCUT2D eigenvalue weighted by Gasteiger charge is 2.16. The van der Waals surface area contributed by atoms with Crippen LogP contribution in [0.25, 0.3) is 0 Å². The summed E-state index contributed by atoms with van der Waals surface area (Å²) >= 11 is 0. The van der Waals surface area contributed by atoms with Crippen molar-refractivity contribution in [3.8, 4) is 0 Å². The third-order valence-electron chi connectivity index (χ3n) is 3.00. The van der Waals surface area contributed by atoms with E-state index >= 15 is 0 Å². The van der Waals surface area contributed by atoms with Gasteiger partial charge in [-0.1, -0.05) is 13.0 Å². The van der Waals surface area contributed by atoms with Gasteiger partial charge in [0.25, 0.3) is 0 Å². The second-order valence-corrected chi connectivity index (χ2v) is 7.20. The number of anilines is 2. The van der Waals surface area contributed by atoms with Crippen molar-refractivity contribution < 1.29 is 18.0 Å². The standard InChI is InChI=1S/C15H23N3O4S/c1-4-9-18(23(3,21)22)10-8-15(20)17-14-7-5-6-13(11-14)16-12(2)19/h5-7,11H,4,8-10H2,1-3H3,(H,16,19)(H,17,20). The fourth-order valence-electron chi connectivity index (χ4n) is 2.02. The molecule has 2 N–H and O–H groups in total. The average molecular weight is 341 g/mol. The Morgan fingerprint density at radius 2 is 1.74 bits per heavy atom. The summed E-state index contributed by atoms with van der Waals surface area (Å²) in [5, 5.41) is 5.32.